The molecule has 0 spiro atoms. The zero-order chi connectivity index (χ0) is 11.8. The van der Waals surface area contributed by atoms with Gasteiger partial charge in [0.1, 0.15) is 0 Å². The predicted molar refractivity (Wildman–Crippen MR) is 69.1 cm³/mol. The number of amides is 1. The summed E-state index contributed by atoms with van der Waals surface area (Å²) in [5.41, 5.74) is 0. The molecule has 0 saturated heterocycles. The van der Waals surface area contributed by atoms with Crippen LogP contribution in [0.1, 0.15) is 38.5 Å². The Kier molecular flexibility index (Phi) is 3.26. The second kappa shape index (κ2) is 4.73. The molecule has 4 atom stereocenters. The van der Waals surface area contributed by atoms with E-state index in [9.17, 15) is 4.79 Å². The minimum absolute atomic E-state index is 0.0257. The molecule has 0 aromatic carbocycles. The summed E-state index contributed by atoms with van der Waals surface area (Å²) < 4.78 is 0. The summed E-state index contributed by atoms with van der Waals surface area (Å²) in [6, 6.07) is 0. The predicted octanol–water partition coefficient (Wildman–Crippen LogP) is 2.24. The van der Waals surface area contributed by atoms with Gasteiger partial charge < -0.3 is 5.11 Å². The summed E-state index contributed by atoms with van der Waals surface area (Å²) >= 11 is 1.60. The molecule has 1 unspecified atom stereocenters. The van der Waals surface area contributed by atoms with Crippen molar-refractivity contribution in [3.8, 4) is 0 Å². The van der Waals surface area contributed by atoms with Crippen LogP contribution in [-0.4, -0.2) is 27.9 Å². The Hall–Kier alpha value is -0.350. The fourth-order valence-electron chi connectivity index (χ4n) is 3.68. The van der Waals surface area contributed by atoms with Crippen LogP contribution in [0.15, 0.2) is 4.99 Å². The van der Waals surface area contributed by atoms with Crippen molar-refractivity contribution in [2.75, 3.05) is 6.61 Å². The number of carbonyl (C=O) groups is 1. The number of hydrogen-bond acceptors (Lipinski definition) is 3. The van der Waals surface area contributed by atoms with Gasteiger partial charge in [0.2, 0.25) is 0 Å². The van der Waals surface area contributed by atoms with Gasteiger partial charge in [-0.25, -0.2) is 4.99 Å². The Morgan fingerprint density at radius 1 is 1.35 bits per heavy atom. The average Bonchev–Trinajstić information content (AvgIpc) is 2.96. The Labute approximate surface area is 106 Å². The fraction of sp³-hybridized carbons (Fsp3) is 0.846. The number of thioether (sulfide) groups is 1. The molecule has 1 heterocycles. The summed E-state index contributed by atoms with van der Waals surface area (Å²) in [6.45, 7) is 0.0837. The van der Waals surface area contributed by atoms with E-state index in [1.54, 1.807) is 11.8 Å². The largest absolute Gasteiger partial charge is 0.396 e. The first-order valence-electron chi connectivity index (χ1n) is 6.65. The summed E-state index contributed by atoms with van der Waals surface area (Å²) in [5, 5.41) is 9.81. The molecule has 2 aliphatic carbocycles. The second-order valence-electron chi connectivity index (χ2n) is 5.60. The van der Waals surface area contributed by atoms with Gasteiger partial charge >= 0.3 is 0 Å². The van der Waals surface area contributed by atoms with Crippen LogP contribution < -0.4 is 0 Å². The molecule has 2 fully saturated rings. The van der Waals surface area contributed by atoms with Crippen LogP contribution in [0.2, 0.25) is 0 Å². The zero-order valence-electron chi connectivity index (χ0n) is 9.97. The van der Waals surface area contributed by atoms with E-state index >= 15 is 0 Å². The summed E-state index contributed by atoms with van der Waals surface area (Å²) in [4.78, 5) is 15.8. The molecule has 3 aliphatic rings. The van der Waals surface area contributed by atoms with Crippen LogP contribution >= 0.6 is 11.8 Å². The number of hydrogen-bond donors (Lipinski definition) is 1. The van der Waals surface area contributed by atoms with Gasteiger partial charge in [0.25, 0.3) is 5.91 Å². The van der Waals surface area contributed by atoms with Gasteiger partial charge in [-0.15, -0.1) is 0 Å². The number of carbonyl (C=O) groups excluding carboxylic acids is 1. The first-order chi connectivity index (χ1) is 8.26. The standard InChI is InChI=1S/C13H19NO2S/c15-4-3-11-13(16)14-12(17-11)7-10-6-8-1-2-9(10)5-8/h8-11,15H,1-7H2/t8-,9+,10-,11?/m1/s1. The first kappa shape index (κ1) is 11.7. The third-order valence-corrected chi connectivity index (χ3v) is 5.75. The van der Waals surface area contributed by atoms with E-state index in [-0.39, 0.29) is 17.8 Å². The van der Waals surface area contributed by atoms with Gasteiger partial charge in [0.15, 0.2) is 0 Å². The van der Waals surface area contributed by atoms with Crippen molar-refractivity contribution in [1.82, 2.24) is 0 Å². The Morgan fingerprint density at radius 2 is 2.24 bits per heavy atom. The molecular weight excluding hydrogens is 234 g/mol. The van der Waals surface area contributed by atoms with Crippen molar-refractivity contribution in [2.24, 2.45) is 22.7 Å². The first-order valence-corrected chi connectivity index (χ1v) is 7.53. The number of aliphatic hydroxyl groups is 1. The topological polar surface area (TPSA) is 49.7 Å². The average molecular weight is 253 g/mol. The number of aliphatic hydroxyl groups excluding tert-OH is 1. The van der Waals surface area contributed by atoms with Crippen LogP contribution in [0, 0.1) is 17.8 Å². The smallest absolute Gasteiger partial charge is 0.260 e. The van der Waals surface area contributed by atoms with E-state index in [1.807, 2.05) is 0 Å². The molecule has 4 heteroatoms. The van der Waals surface area contributed by atoms with E-state index in [4.69, 9.17) is 5.11 Å². The van der Waals surface area contributed by atoms with Crippen LogP contribution in [0.4, 0.5) is 0 Å². The van der Waals surface area contributed by atoms with Crippen molar-refractivity contribution in [3.63, 3.8) is 0 Å². The van der Waals surface area contributed by atoms with E-state index in [1.165, 1.54) is 25.7 Å². The molecule has 94 valence electrons. The molecule has 3 rings (SSSR count). The maximum atomic E-state index is 11.6. The monoisotopic (exact) mass is 253 g/mol. The minimum Gasteiger partial charge on any atom is -0.396 e. The quantitative estimate of drug-likeness (QED) is 0.836. The molecule has 0 aromatic heterocycles. The van der Waals surface area contributed by atoms with E-state index in [2.05, 4.69) is 4.99 Å². The molecule has 1 N–H and O–H groups in total. The third-order valence-electron chi connectivity index (χ3n) is 4.50. The fourth-order valence-corrected chi connectivity index (χ4v) is 4.84. The number of rotatable bonds is 4. The number of nitrogens with zero attached hydrogens (tertiary/aromatic N) is 1. The molecule has 3 nitrogen and oxygen atoms in total. The van der Waals surface area contributed by atoms with Crippen LogP contribution in [0.25, 0.3) is 0 Å². The Morgan fingerprint density at radius 3 is 2.88 bits per heavy atom. The Bertz CT molecular complexity index is 355. The number of aliphatic imine (C=N–C) groups is 1. The van der Waals surface area contributed by atoms with E-state index < -0.39 is 0 Å². The number of fused-ring (bicyclic) bond motifs is 2. The van der Waals surface area contributed by atoms with Gasteiger partial charge in [-0.2, -0.15) is 0 Å². The maximum absolute atomic E-state index is 11.6. The Balaban J connectivity index is 1.56. The van der Waals surface area contributed by atoms with Crippen molar-refractivity contribution < 1.29 is 9.90 Å². The highest BCUT2D eigenvalue weighted by Gasteiger charge is 2.41. The molecular formula is C13H19NO2S. The van der Waals surface area contributed by atoms with Gasteiger partial charge in [0.05, 0.1) is 10.3 Å². The summed E-state index contributed by atoms with van der Waals surface area (Å²) in [5.74, 6) is 2.61. The lowest BCUT2D eigenvalue weighted by atomic mass is 9.87. The lowest BCUT2D eigenvalue weighted by molar-refractivity contribution is -0.117. The maximum Gasteiger partial charge on any atom is 0.260 e. The molecule has 1 aliphatic heterocycles. The highest BCUT2D eigenvalue weighted by atomic mass is 32.2. The van der Waals surface area contributed by atoms with Crippen molar-refractivity contribution >= 4 is 22.7 Å². The third kappa shape index (κ3) is 2.29. The molecule has 0 aromatic rings. The van der Waals surface area contributed by atoms with Crippen LogP contribution in [-0.2, 0) is 4.79 Å². The van der Waals surface area contributed by atoms with E-state index in [0.29, 0.717) is 6.42 Å². The van der Waals surface area contributed by atoms with Crippen LogP contribution in [0.5, 0.6) is 0 Å². The highest BCUT2D eigenvalue weighted by molar-refractivity contribution is 8.15. The highest BCUT2D eigenvalue weighted by Crippen LogP contribution is 2.50. The van der Waals surface area contributed by atoms with Gasteiger partial charge in [-0.05, 0) is 49.9 Å². The molecule has 17 heavy (non-hydrogen) atoms. The minimum atomic E-state index is -0.103. The van der Waals surface area contributed by atoms with Gasteiger partial charge in [0, 0.05) is 6.61 Å². The summed E-state index contributed by atoms with van der Waals surface area (Å²) in [7, 11) is 0. The normalized spacial score (nSPS) is 40.1. The SMILES string of the molecule is O=C1N=C(C[C@H]2C[C@@H]3CC[C@H]2C3)SC1CCO. The van der Waals surface area contributed by atoms with Gasteiger partial charge in [-0.1, -0.05) is 18.2 Å². The van der Waals surface area contributed by atoms with Crippen molar-refractivity contribution in [3.05, 3.63) is 0 Å². The summed E-state index contributed by atoms with van der Waals surface area (Å²) in [6.07, 6.45) is 7.14. The lowest BCUT2D eigenvalue weighted by Gasteiger charge is -2.21. The van der Waals surface area contributed by atoms with E-state index in [0.717, 1.165) is 29.2 Å². The molecule has 0 radical (unpaired) electrons. The van der Waals surface area contributed by atoms with Crippen molar-refractivity contribution in [1.29, 1.82) is 0 Å². The zero-order valence-corrected chi connectivity index (χ0v) is 10.8. The molecule has 2 bridgehead atoms. The van der Waals surface area contributed by atoms with Crippen molar-refractivity contribution in [2.45, 2.75) is 43.8 Å². The van der Waals surface area contributed by atoms with Gasteiger partial charge in [-0.3, -0.25) is 4.79 Å². The molecule has 2 saturated carbocycles. The second-order valence-corrected chi connectivity index (χ2v) is 6.88. The lowest BCUT2D eigenvalue weighted by Crippen LogP contribution is -2.14. The molecule has 1 amide bonds. The van der Waals surface area contributed by atoms with Crippen LogP contribution in [0.3, 0.4) is 0 Å².